The highest BCUT2D eigenvalue weighted by Gasteiger charge is 2.00. The van der Waals surface area contributed by atoms with Crippen molar-refractivity contribution in [1.82, 2.24) is 19.7 Å². The maximum atomic E-state index is 11.3. The zero-order valence-corrected chi connectivity index (χ0v) is 8.81. The first-order valence-electron chi connectivity index (χ1n) is 4.43. The summed E-state index contributed by atoms with van der Waals surface area (Å²) < 4.78 is 1.32. The van der Waals surface area contributed by atoms with Crippen LogP contribution in [0.4, 0.5) is 0 Å². The van der Waals surface area contributed by atoms with Gasteiger partial charge in [-0.2, -0.15) is 5.10 Å². The van der Waals surface area contributed by atoms with E-state index in [0.717, 1.165) is 0 Å². The molecule has 6 nitrogen and oxygen atoms in total. The van der Waals surface area contributed by atoms with Crippen LogP contribution in [0.2, 0.25) is 5.15 Å². The SMILES string of the molecule is O=c1ccn(Cc2ccc(Cl)nn2)c(=O)[nH]1. The summed E-state index contributed by atoms with van der Waals surface area (Å²) >= 11 is 5.58. The monoisotopic (exact) mass is 238 g/mol. The molecule has 0 saturated heterocycles. The van der Waals surface area contributed by atoms with Crippen molar-refractivity contribution >= 4 is 11.6 Å². The zero-order chi connectivity index (χ0) is 11.5. The van der Waals surface area contributed by atoms with Crippen molar-refractivity contribution in [3.63, 3.8) is 0 Å². The summed E-state index contributed by atoms with van der Waals surface area (Å²) in [6.45, 7) is 0.236. The van der Waals surface area contributed by atoms with Gasteiger partial charge in [0.15, 0.2) is 5.15 Å². The maximum Gasteiger partial charge on any atom is 0.328 e. The number of halogens is 1. The largest absolute Gasteiger partial charge is 0.328 e. The van der Waals surface area contributed by atoms with Crippen molar-refractivity contribution in [2.24, 2.45) is 0 Å². The Bertz CT molecular complexity index is 602. The summed E-state index contributed by atoms with van der Waals surface area (Å²) in [5.74, 6) is 0. The lowest BCUT2D eigenvalue weighted by atomic mass is 10.4. The molecule has 0 aliphatic heterocycles. The Balaban J connectivity index is 2.30. The van der Waals surface area contributed by atoms with Gasteiger partial charge in [-0.3, -0.25) is 14.3 Å². The van der Waals surface area contributed by atoms with Gasteiger partial charge in [0.2, 0.25) is 0 Å². The third-order valence-corrected chi connectivity index (χ3v) is 2.12. The summed E-state index contributed by atoms with van der Waals surface area (Å²) in [5, 5.41) is 7.74. The molecule has 2 heterocycles. The van der Waals surface area contributed by atoms with Crippen molar-refractivity contribution < 1.29 is 0 Å². The molecule has 0 aromatic carbocycles. The molecule has 82 valence electrons. The van der Waals surface area contributed by atoms with E-state index in [0.29, 0.717) is 5.69 Å². The fraction of sp³-hybridized carbons (Fsp3) is 0.111. The van der Waals surface area contributed by atoms with Crippen LogP contribution < -0.4 is 11.2 Å². The summed E-state index contributed by atoms with van der Waals surface area (Å²) in [5.41, 5.74) is -0.328. The van der Waals surface area contributed by atoms with Crippen LogP contribution in [0.15, 0.2) is 34.0 Å². The molecule has 0 aliphatic carbocycles. The summed E-state index contributed by atoms with van der Waals surface area (Å²) in [4.78, 5) is 24.3. The number of nitrogens with one attached hydrogen (secondary N) is 1. The molecule has 0 atom stereocenters. The second-order valence-electron chi connectivity index (χ2n) is 3.09. The molecule has 1 N–H and O–H groups in total. The standard InChI is InChI=1S/C9H7ClN4O2/c10-7-2-1-6(12-13-7)5-14-4-3-8(15)11-9(14)16/h1-4H,5H2,(H,11,15,16). The molecule has 2 aromatic rings. The van der Waals surface area contributed by atoms with Crippen LogP contribution >= 0.6 is 11.6 Å². The average molecular weight is 239 g/mol. The second-order valence-corrected chi connectivity index (χ2v) is 3.47. The number of hydrogen-bond acceptors (Lipinski definition) is 4. The molecule has 0 radical (unpaired) electrons. The van der Waals surface area contributed by atoms with Gasteiger partial charge in [0.25, 0.3) is 5.56 Å². The fourth-order valence-corrected chi connectivity index (χ4v) is 1.27. The smallest absolute Gasteiger partial charge is 0.295 e. The number of aromatic nitrogens is 4. The van der Waals surface area contributed by atoms with Gasteiger partial charge in [0, 0.05) is 12.3 Å². The van der Waals surface area contributed by atoms with Crippen LogP contribution in [0, 0.1) is 0 Å². The summed E-state index contributed by atoms with van der Waals surface area (Å²) in [7, 11) is 0. The lowest BCUT2D eigenvalue weighted by Crippen LogP contribution is -2.29. The molecule has 0 aliphatic rings. The summed E-state index contributed by atoms with van der Waals surface area (Å²) in [6.07, 6.45) is 1.40. The quantitative estimate of drug-likeness (QED) is 0.800. The minimum Gasteiger partial charge on any atom is -0.295 e. The predicted octanol–water partition coefficient (Wildman–Crippen LogP) is 0.0283. The first-order valence-corrected chi connectivity index (χ1v) is 4.81. The van der Waals surface area contributed by atoms with E-state index < -0.39 is 11.2 Å². The first kappa shape index (κ1) is 10.6. The van der Waals surface area contributed by atoms with E-state index in [-0.39, 0.29) is 11.7 Å². The minimum atomic E-state index is -0.482. The molecule has 0 fully saturated rings. The number of hydrogen-bond donors (Lipinski definition) is 1. The number of aromatic amines is 1. The Hall–Kier alpha value is -1.95. The average Bonchev–Trinajstić information content (AvgIpc) is 2.25. The molecule has 0 unspecified atom stereocenters. The van der Waals surface area contributed by atoms with Crippen molar-refractivity contribution in [2.75, 3.05) is 0 Å². The van der Waals surface area contributed by atoms with Crippen LogP contribution in [0.5, 0.6) is 0 Å². The van der Waals surface area contributed by atoms with E-state index in [1.54, 1.807) is 12.1 Å². The summed E-state index contributed by atoms with van der Waals surface area (Å²) in [6, 6.07) is 4.51. The fourth-order valence-electron chi connectivity index (χ4n) is 1.17. The number of rotatable bonds is 2. The van der Waals surface area contributed by atoms with Gasteiger partial charge in [0.05, 0.1) is 12.2 Å². The van der Waals surface area contributed by atoms with Gasteiger partial charge >= 0.3 is 5.69 Å². The molecule has 0 bridgehead atoms. The molecular weight excluding hydrogens is 232 g/mol. The van der Waals surface area contributed by atoms with Crippen LogP contribution in [0.1, 0.15) is 5.69 Å². The van der Waals surface area contributed by atoms with Crippen LogP contribution in [0.25, 0.3) is 0 Å². The van der Waals surface area contributed by atoms with Gasteiger partial charge < -0.3 is 0 Å². The normalized spacial score (nSPS) is 10.3. The third kappa shape index (κ3) is 2.34. The van der Waals surface area contributed by atoms with E-state index in [2.05, 4.69) is 15.2 Å². The highest BCUT2D eigenvalue weighted by Crippen LogP contribution is 2.02. The second kappa shape index (κ2) is 4.28. The van der Waals surface area contributed by atoms with Crippen LogP contribution in [-0.4, -0.2) is 19.7 Å². The van der Waals surface area contributed by atoms with Gasteiger partial charge in [-0.15, -0.1) is 5.10 Å². The molecule has 0 saturated carbocycles. The molecule has 0 spiro atoms. The Kier molecular flexibility index (Phi) is 2.82. The number of nitrogens with zero attached hydrogens (tertiary/aromatic N) is 3. The van der Waals surface area contributed by atoms with Crippen LogP contribution in [-0.2, 0) is 6.54 Å². The third-order valence-electron chi connectivity index (χ3n) is 1.92. The van der Waals surface area contributed by atoms with Gasteiger partial charge in [-0.1, -0.05) is 11.6 Å². The number of H-pyrrole nitrogens is 1. The van der Waals surface area contributed by atoms with Gasteiger partial charge in [-0.05, 0) is 12.1 Å². The van der Waals surface area contributed by atoms with Crippen molar-refractivity contribution in [3.05, 3.63) is 56.1 Å². The Morgan fingerprint density at radius 2 is 2.06 bits per heavy atom. The van der Waals surface area contributed by atoms with Crippen molar-refractivity contribution in [3.8, 4) is 0 Å². The van der Waals surface area contributed by atoms with E-state index in [1.165, 1.54) is 16.8 Å². The van der Waals surface area contributed by atoms with E-state index in [4.69, 9.17) is 11.6 Å². The first-order chi connectivity index (χ1) is 7.65. The Labute approximate surface area is 94.5 Å². The highest BCUT2D eigenvalue weighted by atomic mass is 35.5. The van der Waals surface area contributed by atoms with Crippen LogP contribution in [0.3, 0.4) is 0 Å². The van der Waals surface area contributed by atoms with E-state index in [1.807, 2.05) is 0 Å². The zero-order valence-electron chi connectivity index (χ0n) is 8.05. The molecule has 0 amide bonds. The van der Waals surface area contributed by atoms with Gasteiger partial charge in [-0.25, -0.2) is 4.79 Å². The Morgan fingerprint density at radius 1 is 1.25 bits per heavy atom. The molecule has 2 aromatic heterocycles. The molecule has 16 heavy (non-hydrogen) atoms. The van der Waals surface area contributed by atoms with E-state index in [9.17, 15) is 9.59 Å². The minimum absolute atomic E-state index is 0.236. The van der Waals surface area contributed by atoms with Crippen molar-refractivity contribution in [1.29, 1.82) is 0 Å². The Morgan fingerprint density at radius 3 is 2.69 bits per heavy atom. The van der Waals surface area contributed by atoms with Gasteiger partial charge in [0.1, 0.15) is 0 Å². The molecule has 7 heteroatoms. The lowest BCUT2D eigenvalue weighted by molar-refractivity contribution is 0.694. The topological polar surface area (TPSA) is 80.6 Å². The molecular formula is C9H7ClN4O2. The molecule has 2 rings (SSSR count). The maximum absolute atomic E-state index is 11.3. The van der Waals surface area contributed by atoms with E-state index >= 15 is 0 Å². The van der Waals surface area contributed by atoms with Crippen molar-refractivity contribution in [2.45, 2.75) is 6.54 Å². The highest BCUT2D eigenvalue weighted by molar-refractivity contribution is 6.29. The lowest BCUT2D eigenvalue weighted by Gasteiger charge is -2.02. The predicted molar refractivity (Wildman–Crippen MR) is 57.5 cm³/mol.